The fourth-order valence-corrected chi connectivity index (χ4v) is 3.18. The molecule has 1 aliphatic heterocycles. The molecule has 0 bridgehead atoms. The molecule has 3 heteroatoms. The quantitative estimate of drug-likeness (QED) is 0.907. The number of nitrogens with zero attached hydrogens (tertiary/aromatic N) is 2. The molecule has 3 unspecified atom stereocenters. The first-order valence-electron chi connectivity index (χ1n) is 7.10. The molecule has 0 amide bonds. The Kier molecular flexibility index (Phi) is 4.16. The number of likely N-dealkylation sites (N-methyl/N-ethyl adjacent to an activating group) is 1. The second-order valence-electron chi connectivity index (χ2n) is 6.20. The standard InChI is InChI=1S/C16H26N2O/c1-11-6-7-14(16(19)8-11)13(3)18-9-12(2)15(10-18)17(4)5/h6-8,12-13,15,19H,9-10H2,1-5H3. The fraction of sp³-hybridized carbons (Fsp3) is 0.625. The summed E-state index contributed by atoms with van der Waals surface area (Å²) in [4.78, 5) is 4.78. The summed E-state index contributed by atoms with van der Waals surface area (Å²) < 4.78 is 0. The molecule has 0 radical (unpaired) electrons. The van der Waals surface area contributed by atoms with Gasteiger partial charge in [0.2, 0.25) is 0 Å². The second-order valence-corrected chi connectivity index (χ2v) is 6.20. The third kappa shape index (κ3) is 2.93. The summed E-state index contributed by atoms with van der Waals surface area (Å²) in [7, 11) is 4.30. The van der Waals surface area contributed by atoms with E-state index in [4.69, 9.17) is 0 Å². The molecule has 0 saturated carbocycles. The van der Waals surface area contributed by atoms with Gasteiger partial charge in [0.1, 0.15) is 5.75 Å². The predicted octanol–water partition coefficient (Wildman–Crippen LogP) is 2.64. The number of rotatable bonds is 3. The van der Waals surface area contributed by atoms with Gasteiger partial charge in [0, 0.05) is 30.7 Å². The smallest absolute Gasteiger partial charge is 0.120 e. The van der Waals surface area contributed by atoms with E-state index in [1.165, 1.54) is 0 Å². The minimum atomic E-state index is 0.271. The summed E-state index contributed by atoms with van der Waals surface area (Å²) in [5.41, 5.74) is 2.15. The molecule has 3 atom stereocenters. The number of aryl methyl sites for hydroxylation is 1. The van der Waals surface area contributed by atoms with E-state index < -0.39 is 0 Å². The van der Waals surface area contributed by atoms with Gasteiger partial charge < -0.3 is 10.0 Å². The van der Waals surface area contributed by atoms with Gasteiger partial charge in [-0.15, -0.1) is 0 Å². The van der Waals surface area contributed by atoms with Gasteiger partial charge >= 0.3 is 0 Å². The van der Waals surface area contributed by atoms with Crippen LogP contribution in [0.25, 0.3) is 0 Å². The minimum Gasteiger partial charge on any atom is -0.508 e. The number of phenolic OH excluding ortho intramolecular Hbond substituents is 1. The molecule has 2 rings (SSSR count). The van der Waals surface area contributed by atoms with Crippen molar-refractivity contribution in [1.29, 1.82) is 0 Å². The molecule has 1 aromatic carbocycles. The molecule has 106 valence electrons. The van der Waals surface area contributed by atoms with Crippen LogP contribution in [0.4, 0.5) is 0 Å². The summed E-state index contributed by atoms with van der Waals surface area (Å²) in [6.07, 6.45) is 0. The minimum absolute atomic E-state index is 0.271. The molecule has 0 aromatic heterocycles. The highest BCUT2D eigenvalue weighted by atomic mass is 16.3. The van der Waals surface area contributed by atoms with E-state index in [1.54, 1.807) is 0 Å². The number of hydrogen-bond donors (Lipinski definition) is 1. The maximum absolute atomic E-state index is 10.1. The lowest BCUT2D eigenvalue weighted by molar-refractivity contribution is 0.223. The van der Waals surface area contributed by atoms with Crippen LogP contribution in [-0.4, -0.2) is 48.1 Å². The van der Waals surface area contributed by atoms with Crippen molar-refractivity contribution >= 4 is 0 Å². The molecule has 1 fully saturated rings. The Hall–Kier alpha value is -1.06. The topological polar surface area (TPSA) is 26.7 Å². The lowest BCUT2D eigenvalue weighted by atomic mass is 10.0. The van der Waals surface area contributed by atoms with Crippen LogP contribution in [0.5, 0.6) is 5.75 Å². The molecular weight excluding hydrogens is 236 g/mol. The Morgan fingerprint density at radius 2 is 2.00 bits per heavy atom. The first-order valence-corrected chi connectivity index (χ1v) is 7.10. The number of likely N-dealkylation sites (tertiary alicyclic amines) is 1. The van der Waals surface area contributed by atoms with E-state index in [-0.39, 0.29) is 6.04 Å². The van der Waals surface area contributed by atoms with E-state index in [2.05, 4.69) is 49.9 Å². The summed E-state index contributed by atoms with van der Waals surface area (Å²) in [5, 5.41) is 10.1. The Balaban J connectivity index is 2.14. The van der Waals surface area contributed by atoms with Gasteiger partial charge in [0.05, 0.1) is 0 Å². The van der Waals surface area contributed by atoms with E-state index in [9.17, 15) is 5.11 Å². The van der Waals surface area contributed by atoms with Crippen molar-refractivity contribution in [1.82, 2.24) is 9.80 Å². The predicted molar refractivity (Wildman–Crippen MR) is 79.5 cm³/mol. The van der Waals surface area contributed by atoms with E-state index in [1.807, 2.05) is 13.0 Å². The molecule has 1 N–H and O–H groups in total. The molecule has 1 heterocycles. The van der Waals surface area contributed by atoms with Gasteiger partial charge in [-0.2, -0.15) is 0 Å². The molecule has 1 saturated heterocycles. The van der Waals surface area contributed by atoms with Gasteiger partial charge in [-0.1, -0.05) is 19.1 Å². The molecular formula is C16H26N2O. The van der Waals surface area contributed by atoms with Crippen molar-refractivity contribution in [3.63, 3.8) is 0 Å². The normalized spacial score (nSPS) is 26.0. The van der Waals surface area contributed by atoms with E-state index >= 15 is 0 Å². The summed E-state index contributed by atoms with van der Waals surface area (Å²) >= 11 is 0. The van der Waals surface area contributed by atoms with Crippen LogP contribution in [0.2, 0.25) is 0 Å². The highest BCUT2D eigenvalue weighted by molar-refractivity contribution is 5.38. The highest BCUT2D eigenvalue weighted by Crippen LogP contribution is 2.33. The first-order chi connectivity index (χ1) is 8.90. The van der Waals surface area contributed by atoms with Crippen LogP contribution in [0.1, 0.15) is 31.0 Å². The van der Waals surface area contributed by atoms with Crippen LogP contribution in [0.15, 0.2) is 18.2 Å². The van der Waals surface area contributed by atoms with Crippen LogP contribution >= 0.6 is 0 Å². The Bertz CT molecular complexity index is 444. The SMILES string of the molecule is Cc1ccc(C(C)N2CC(C)C(N(C)C)C2)c(O)c1. The summed E-state index contributed by atoms with van der Waals surface area (Å²) in [6.45, 7) is 8.68. The molecule has 1 aromatic rings. The van der Waals surface area contributed by atoms with Crippen molar-refractivity contribution in [3.8, 4) is 5.75 Å². The van der Waals surface area contributed by atoms with Gasteiger partial charge in [-0.05, 0) is 45.5 Å². The molecule has 19 heavy (non-hydrogen) atoms. The third-order valence-corrected chi connectivity index (χ3v) is 4.45. The average Bonchev–Trinajstić information content (AvgIpc) is 2.70. The Morgan fingerprint density at radius 1 is 1.32 bits per heavy atom. The average molecular weight is 262 g/mol. The third-order valence-electron chi connectivity index (χ3n) is 4.45. The number of aromatic hydroxyl groups is 1. The van der Waals surface area contributed by atoms with Crippen molar-refractivity contribution in [2.45, 2.75) is 32.9 Å². The zero-order valence-corrected chi connectivity index (χ0v) is 12.7. The van der Waals surface area contributed by atoms with Gasteiger partial charge in [0.15, 0.2) is 0 Å². The van der Waals surface area contributed by atoms with Gasteiger partial charge in [-0.3, -0.25) is 4.90 Å². The molecule has 0 aliphatic carbocycles. The van der Waals surface area contributed by atoms with Crippen LogP contribution in [0.3, 0.4) is 0 Å². The van der Waals surface area contributed by atoms with Gasteiger partial charge in [-0.25, -0.2) is 0 Å². The highest BCUT2D eigenvalue weighted by Gasteiger charge is 2.34. The maximum atomic E-state index is 10.1. The summed E-state index contributed by atoms with van der Waals surface area (Å²) in [5.74, 6) is 1.10. The number of hydrogen-bond acceptors (Lipinski definition) is 3. The van der Waals surface area contributed by atoms with Crippen molar-refractivity contribution < 1.29 is 5.11 Å². The lowest BCUT2D eigenvalue weighted by Gasteiger charge is -2.26. The number of benzene rings is 1. The second kappa shape index (κ2) is 5.51. The van der Waals surface area contributed by atoms with Crippen molar-refractivity contribution in [2.75, 3.05) is 27.2 Å². The van der Waals surface area contributed by atoms with Crippen LogP contribution < -0.4 is 0 Å². The van der Waals surface area contributed by atoms with Crippen molar-refractivity contribution in [3.05, 3.63) is 29.3 Å². The summed E-state index contributed by atoms with van der Waals surface area (Å²) in [6, 6.07) is 6.87. The van der Waals surface area contributed by atoms with E-state index in [0.29, 0.717) is 17.7 Å². The monoisotopic (exact) mass is 262 g/mol. The van der Waals surface area contributed by atoms with Gasteiger partial charge in [0.25, 0.3) is 0 Å². The zero-order valence-electron chi connectivity index (χ0n) is 12.7. The number of phenols is 1. The van der Waals surface area contributed by atoms with Crippen LogP contribution in [0, 0.1) is 12.8 Å². The van der Waals surface area contributed by atoms with Crippen LogP contribution in [-0.2, 0) is 0 Å². The maximum Gasteiger partial charge on any atom is 0.120 e. The van der Waals surface area contributed by atoms with E-state index in [0.717, 1.165) is 24.2 Å². The largest absolute Gasteiger partial charge is 0.508 e. The Labute approximate surface area is 116 Å². The molecule has 3 nitrogen and oxygen atoms in total. The van der Waals surface area contributed by atoms with Crippen molar-refractivity contribution in [2.24, 2.45) is 5.92 Å². The molecule has 1 aliphatic rings. The fourth-order valence-electron chi connectivity index (χ4n) is 3.18. The zero-order chi connectivity index (χ0) is 14.2. The lowest BCUT2D eigenvalue weighted by Crippen LogP contribution is -2.34. The first kappa shape index (κ1) is 14.4. The molecule has 0 spiro atoms. The Morgan fingerprint density at radius 3 is 2.53 bits per heavy atom.